The molecule has 4 nitrogen and oxygen atoms in total. The van der Waals surface area contributed by atoms with Gasteiger partial charge in [0.25, 0.3) is 5.91 Å². The molecule has 1 amide bonds. The van der Waals surface area contributed by atoms with Crippen molar-refractivity contribution in [3.05, 3.63) is 63.6 Å². The number of halogens is 2. The first-order valence-electron chi connectivity index (χ1n) is 8.59. The van der Waals surface area contributed by atoms with E-state index in [4.69, 9.17) is 16.3 Å². The Bertz CT molecular complexity index is 751. The average molecular weight is 438 g/mol. The number of nitrogens with zero attached hydrogens (tertiary/aromatic N) is 1. The molecule has 0 unspecified atom stereocenters. The number of hydrazone groups is 1. The van der Waals surface area contributed by atoms with E-state index in [1.54, 1.807) is 18.2 Å². The highest BCUT2D eigenvalue weighted by Gasteiger charge is 2.08. The van der Waals surface area contributed by atoms with Crippen molar-refractivity contribution in [3.8, 4) is 5.75 Å². The van der Waals surface area contributed by atoms with E-state index in [9.17, 15) is 4.79 Å². The van der Waals surface area contributed by atoms with Crippen LogP contribution < -0.4 is 10.2 Å². The lowest BCUT2D eigenvalue weighted by Gasteiger charge is -2.09. The van der Waals surface area contributed by atoms with Crippen LogP contribution in [-0.4, -0.2) is 18.2 Å². The lowest BCUT2D eigenvalue weighted by atomic mass is 10.0. The molecule has 0 heterocycles. The highest BCUT2D eigenvalue weighted by Crippen LogP contribution is 2.27. The molecule has 0 atom stereocenters. The SMILES string of the molecule is CCCCCC(=NNC(=O)COc1ccc(Cl)cc1Br)c1ccccc1. The fourth-order valence-electron chi connectivity index (χ4n) is 2.34. The zero-order valence-electron chi connectivity index (χ0n) is 14.7. The van der Waals surface area contributed by atoms with Gasteiger partial charge in [-0.25, -0.2) is 5.43 Å². The number of amides is 1. The quantitative estimate of drug-likeness (QED) is 0.316. The molecular weight excluding hydrogens is 416 g/mol. The van der Waals surface area contributed by atoms with E-state index in [0.29, 0.717) is 15.2 Å². The number of carbonyl (C=O) groups is 1. The summed E-state index contributed by atoms with van der Waals surface area (Å²) in [6.07, 6.45) is 4.13. The minimum absolute atomic E-state index is 0.124. The monoisotopic (exact) mass is 436 g/mol. The molecule has 2 aromatic carbocycles. The highest BCUT2D eigenvalue weighted by atomic mass is 79.9. The Balaban J connectivity index is 1.95. The molecule has 0 fully saturated rings. The van der Waals surface area contributed by atoms with E-state index in [0.717, 1.165) is 37.0 Å². The lowest BCUT2D eigenvalue weighted by Crippen LogP contribution is -2.26. The minimum Gasteiger partial charge on any atom is -0.483 e. The van der Waals surface area contributed by atoms with Crippen LogP contribution in [0.2, 0.25) is 5.02 Å². The summed E-state index contributed by atoms with van der Waals surface area (Å²) >= 11 is 9.25. The first-order chi connectivity index (χ1) is 12.6. The Kier molecular flexibility index (Phi) is 8.65. The summed E-state index contributed by atoms with van der Waals surface area (Å²) in [5.74, 6) is 0.246. The number of ether oxygens (including phenoxy) is 1. The summed E-state index contributed by atoms with van der Waals surface area (Å²) in [5, 5.41) is 4.91. The maximum Gasteiger partial charge on any atom is 0.277 e. The van der Waals surface area contributed by atoms with Crippen LogP contribution in [0.5, 0.6) is 5.75 Å². The van der Waals surface area contributed by atoms with Crippen LogP contribution >= 0.6 is 27.5 Å². The number of carbonyl (C=O) groups excluding carboxylic acids is 1. The second kappa shape index (κ2) is 11.0. The van der Waals surface area contributed by atoms with Gasteiger partial charge in [0.05, 0.1) is 10.2 Å². The highest BCUT2D eigenvalue weighted by molar-refractivity contribution is 9.10. The molecule has 0 aliphatic heterocycles. The summed E-state index contributed by atoms with van der Waals surface area (Å²) in [5.41, 5.74) is 4.49. The van der Waals surface area contributed by atoms with E-state index in [2.05, 4.69) is 33.4 Å². The van der Waals surface area contributed by atoms with Gasteiger partial charge in [0.15, 0.2) is 6.61 Å². The van der Waals surface area contributed by atoms with Crippen molar-refractivity contribution in [2.24, 2.45) is 5.10 Å². The largest absolute Gasteiger partial charge is 0.483 e. The minimum atomic E-state index is -0.309. The van der Waals surface area contributed by atoms with E-state index in [1.807, 2.05) is 30.3 Å². The van der Waals surface area contributed by atoms with Crippen LogP contribution in [-0.2, 0) is 4.79 Å². The molecule has 6 heteroatoms. The number of unbranched alkanes of at least 4 members (excludes halogenated alkanes) is 2. The number of rotatable bonds is 9. The van der Waals surface area contributed by atoms with E-state index < -0.39 is 0 Å². The molecule has 0 saturated heterocycles. The molecule has 0 aliphatic rings. The molecule has 0 spiro atoms. The smallest absolute Gasteiger partial charge is 0.277 e. The molecule has 0 aromatic heterocycles. The Labute approximate surface area is 167 Å². The van der Waals surface area contributed by atoms with Crippen molar-refractivity contribution in [3.63, 3.8) is 0 Å². The maximum absolute atomic E-state index is 12.1. The van der Waals surface area contributed by atoms with E-state index in [-0.39, 0.29) is 12.5 Å². The van der Waals surface area contributed by atoms with Crippen LogP contribution in [0.3, 0.4) is 0 Å². The molecule has 2 aromatic rings. The van der Waals surface area contributed by atoms with Gasteiger partial charge in [-0.2, -0.15) is 5.10 Å². The molecule has 0 bridgehead atoms. The second-order valence-electron chi connectivity index (χ2n) is 5.78. The van der Waals surface area contributed by atoms with Crippen LogP contribution in [0, 0.1) is 0 Å². The maximum atomic E-state index is 12.1. The summed E-state index contributed by atoms with van der Waals surface area (Å²) in [6.45, 7) is 2.04. The van der Waals surface area contributed by atoms with Crippen molar-refractivity contribution in [2.45, 2.75) is 32.6 Å². The Morgan fingerprint density at radius 2 is 1.96 bits per heavy atom. The van der Waals surface area contributed by atoms with Gasteiger partial charge in [-0.05, 0) is 52.5 Å². The second-order valence-corrected chi connectivity index (χ2v) is 7.07. The predicted molar refractivity (Wildman–Crippen MR) is 110 cm³/mol. The van der Waals surface area contributed by atoms with Crippen molar-refractivity contribution < 1.29 is 9.53 Å². The molecule has 2 rings (SSSR count). The van der Waals surface area contributed by atoms with Gasteiger partial charge in [-0.15, -0.1) is 0 Å². The Morgan fingerprint density at radius 1 is 1.19 bits per heavy atom. The van der Waals surface area contributed by atoms with Crippen molar-refractivity contribution in [1.29, 1.82) is 0 Å². The van der Waals surface area contributed by atoms with Crippen LogP contribution in [0.25, 0.3) is 0 Å². The number of hydrogen-bond donors (Lipinski definition) is 1. The number of benzene rings is 2. The molecule has 0 aliphatic carbocycles. The van der Waals surface area contributed by atoms with E-state index >= 15 is 0 Å². The van der Waals surface area contributed by atoms with Gasteiger partial charge in [0, 0.05) is 5.02 Å². The van der Waals surface area contributed by atoms with Crippen molar-refractivity contribution in [1.82, 2.24) is 5.43 Å². The molecule has 1 N–H and O–H groups in total. The standard InChI is InChI=1S/C20H22BrClN2O2/c1-2-3-5-10-18(15-8-6-4-7-9-15)23-24-20(25)14-26-19-12-11-16(22)13-17(19)21/h4,6-9,11-13H,2-3,5,10,14H2,1H3,(H,24,25). The van der Waals surface area contributed by atoms with Gasteiger partial charge >= 0.3 is 0 Å². The van der Waals surface area contributed by atoms with Crippen LogP contribution in [0.15, 0.2) is 58.1 Å². The lowest BCUT2D eigenvalue weighted by molar-refractivity contribution is -0.123. The summed E-state index contributed by atoms with van der Waals surface area (Å²) in [6, 6.07) is 15.0. The topological polar surface area (TPSA) is 50.7 Å². The molecule has 138 valence electrons. The average Bonchev–Trinajstić information content (AvgIpc) is 2.64. The zero-order chi connectivity index (χ0) is 18.8. The molecule has 0 radical (unpaired) electrons. The first kappa shape index (κ1) is 20.5. The molecule has 26 heavy (non-hydrogen) atoms. The van der Waals surface area contributed by atoms with Gasteiger partial charge < -0.3 is 4.74 Å². The first-order valence-corrected chi connectivity index (χ1v) is 9.76. The fraction of sp³-hybridized carbons (Fsp3) is 0.300. The molecular formula is C20H22BrClN2O2. The van der Waals surface area contributed by atoms with E-state index in [1.165, 1.54) is 0 Å². The Hall–Kier alpha value is -1.85. The third-order valence-electron chi connectivity index (χ3n) is 3.69. The predicted octanol–water partition coefficient (Wildman–Crippen LogP) is 5.58. The van der Waals surface area contributed by atoms with Gasteiger partial charge in [-0.3, -0.25) is 4.79 Å². The third kappa shape index (κ3) is 6.81. The fourth-order valence-corrected chi connectivity index (χ4v) is 3.13. The third-order valence-corrected chi connectivity index (χ3v) is 4.55. The molecule has 0 saturated carbocycles. The van der Waals surface area contributed by atoms with Crippen LogP contribution in [0.1, 0.15) is 38.2 Å². The number of nitrogens with one attached hydrogen (secondary N) is 1. The van der Waals surface area contributed by atoms with Gasteiger partial charge in [-0.1, -0.05) is 61.7 Å². The Morgan fingerprint density at radius 3 is 2.65 bits per heavy atom. The summed E-state index contributed by atoms with van der Waals surface area (Å²) in [4.78, 5) is 12.1. The summed E-state index contributed by atoms with van der Waals surface area (Å²) in [7, 11) is 0. The van der Waals surface area contributed by atoms with Gasteiger partial charge in [0.2, 0.25) is 0 Å². The van der Waals surface area contributed by atoms with Crippen molar-refractivity contribution in [2.75, 3.05) is 6.61 Å². The zero-order valence-corrected chi connectivity index (χ0v) is 17.0. The van der Waals surface area contributed by atoms with Gasteiger partial charge in [0.1, 0.15) is 5.75 Å². The summed E-state index contributed by atoms with van der Waals surface area (Å²) < 4.78 is 6.20. The number of hydrogen-bond acceptors (Lipinski definition) is 3. The normalized spacial score (nSPS) is 11.3. The van der Waals surface area contributed by atoms with Crippen LogP contribution in [0.4, 0.5) is 0 Å². The van der Waals surface area contributed by atoms with Crippen molar-refractivity contribution >= 4 is 39.1 Å².